The molecular formula is C20H24N2O3S. The second-order valence-electron chi connectivity index (χ2n) is 6.87. The summed E-state index contributed by atoms with van der Waals surface area (Å²) in [6, 6.07) is 8.13. The lowest BCUT2D eigenvalue weighted by Gasteiger charge is -2.11. The quantitative estimate of drug-likeness (QED) is 0.830. The van der Waals surface area contributed by atoms with Gasteiger partial charge in [-0.25, -0.2) is 0 Å². The van der Waals surface area contributed by atoms with Gasteiger partial charge in [-0.1, -0.05) is 38.1 Å². The zero-order valence-corrected chi connectivity index (χ0v) is 16.1. The maximum Gasteiger partial charge on any atom is 0.254 e. The standard InChI is InChI=1S/C20H24N2O3S/c1-11(2)13-6-8-14(9-7-13)16-12(3)26-20(17(16)18(21)23)22-19(24)15-5-4-10-25-15/h6-9,11,15H,4-5,10H2,1-3H3,(H2,21,23)(H,22,24)/t15-/m1/s1. The zero-order chi connectivity index (χ0) is 18.8. The number of thiophene rings is 1. The molecule has 1 aromatic carbocycles. The number of carbonyl (C=O) groups is 2. The number of ether oxygens (including phenoxy) is 1. The topological polar surface area (TPSA) is 81.4 Å². The Balaban J connectivity index is 1.96. The molecule has 1 saturated heterocycles. The number of benzene rings is 1. The highest BCUT2D eigenvalue weighted by Crippen LogP contribution is 2.40. The van der Waals surface area contributed by atoms with Crippen LogP contribution in [-0.4, -0.2) is 24.5 Å². The van der Waals surface area contributed by atoms with Gasteiger partial charge >= 0.3 is 0 Å². The first-order chi connectivity index (χ1) is 12.4. The molecule has 6 heteroatoms. The molecule has 0 bridgehead atoms. The molecular weight excluding hydrogens is 348 g/mol. The summed E-state index contributed by atoms with van der Waals surface area (Å²) in [5.41, 5.74) is 8.98. The van der Waals surface area contributed by atoms with Crippen molar-refractivity contribution in [3.05, 3.63) is 40.3 Å². The molecule has 0 radical (unpaired) electrons. The Hall–Kier alpha value is -2.18. The van der Waals surface area contributed by atoms with Crippen LogP contribution in [0, 0.1) is 6.92 Å². The summed E-state index contributed by atoms with van der Waals surface area (Å²) in [6.07, 6.45) is 1.12. The van der Waals surface area contributed by atoms with E-state index in [1.807, 2.05) is 19.1 Å². The number of hydrogen-bond donors (Lipinski definition) is 2. The number of carbonyl (C=O) groups excluding carboxylic acids is 2. The number of primary amides is 1. The Bertz CT molecular complexity index is 818. The Morgan fingerprint density at radius 2 is 1.96 bits per heavy atom. The van der Waals surface area contributed by atoms with Gasteiger partial charge < -0.3 is 15.8 Å². The van der Waals surface area contributed by atoms with Crippen molar-refractivity contribution in [1.82, 2.24) is 0 Å². The van der Waals surface area contributed by atoms with E-state index in [9.17, 15) is 9.59 Å². The van der Waals surface area contributed by atoms with Crippen LogP contribution in [-0.2, 0) is 9.53 Å². The van der Waals surface area contributed by atoms with Gasteiger partial charge in [0.1, 0.15) is 11.1 Å². The summed E-state index contributed by atoms with van der Waals surface area (Å²) < 4.78 is 5.42. The number of rotatable bonds is 5. The highest BCUT2D eigenvalue weighted by atomic mass is 32.1. The molecule has 1 fully saturated rings. The molecule has 138 valence electrons. The first-order valence-corrected chi connectivity index (χ1v) is 9.66. The van der Waals surface area contributed by atoms with E-state index in [1.165, 1.54) is 16.9 Å². The maximum absolute atomic E-state index is 12.4. The normalized spacial score (nSPS) is 16.8. The molecule has 3 N–H and O–H groups in total. The van der Waals surface area contributed by atoms with E-state index in [2.05, 4.69) is 31.3 Å². The van der Waals surface area contributed by atoms with E-state index < -0.39 is 12.0 Å². The second kappa shape index (κ2) is 7.60. The summed E-state index contributed by atoms with van der Waals surface area (Å²) in [5, 5.41) is 3.35. The van der Waals surface area contributed by atoms with E-state index in [0.29, 0.717) is 29.5 Å². The van der Waals surface area contributed by atoms with Crippen LogP contribution in [0.15, 0.2) is 24.3 Å². The molecule has 0 aliphatic carbocycles. The van der Waals surface area contributed by atoms with Crippen molar-refractivity contribution < 1.29 is 14.3 Å². The SMILES string of the molecule is Cc1sc(NC(=O)[C@H]2CCCO2)c(C(N)=O)c1-c1ccc(C(C)C)cc1. The molecule has 0 saturated carbocycles. The zero-order valence-electron chi connectivity index (χ0n) is 15.3. The first kappa shape index (κ1) is 18.6. The molecule has 2 aromatic rings. The third-order valence-corrected chi connectivity index (χ3v) is 5.68. The van der Waals surface area contributed by atoms with Crippen molar-refractivity contribution >= 4 is 28.2 Å². The van der Waals surface area contributed by atoms with Gasteiger partial charge in [-0.3, -0.25) is 9.59 Å². The van der Waals surface area contributed by atoms with Crippen molar-refractivity contribution in [1.29, 1.82) is 0 Å². The molecule has 0 spiro atoms. The summed E-state index contributed by atoms with van der Waals surface area (Å²) in [4.78, 5) is 25.5. The molecule has 3 rings (SSSR count). The summed E-state index contributed by atoms with van der Waals surface area (Å²) in [7, 11) is 0. The summed E-state index contributed by atoms with van der Waals surface area (Å²) >= 11 is 1.37. The molecule has 1 atom stereocenters. The van der Waals surface area contributed by atoms with Crippen molar-refractivity contribution in [2.24, 2.45) is 5.73 Å². The van der Waals surface area contributed by atoms with Crippen molar-refractivity contribution in [3.63, 3.8) is 0 Å². The minimum absolute atomic E-state index is 0.215. The minimum atomic E-state index is -0.542. The monoisotopic (exact) mass is 372 g/mol. The van der Waals surface area contributed by atoms with Crippen LogP contribution in [0.25, 0.3) is 11.1 Å². The number of amides is 2. The van der Waals surface area contributed by atoms with Crippen LogP contribution in [0.2, 0.25) is 0 Å². The maximum atomic E-state index is 12.4. The average Bonchev–Trinajstić information content (AvgIpc) is 3.22. The van der Waals surface area contributed by atoms with Crippen LogP contribution in [0.1, 0.15) is 53.4 Å². The molecule has 1 aliphatic rings. The summed E-state index contributed by atoms with van der Waals surface area (Å²) in [5.74, 6) is -0.322. The number of nitrogens with one attached hydrogen (secondary N) is 1. The molecule has 2 amide bonds. The fourth-order valence-electron chi connectivity index (χ4n) is 3.23. The predicted octanol–water partition coefficient (Wildman–Crippen LogP) is 4.06. The molecule has 0 unspecified atom stereocenters. The van der Waals surface area contributed by atoms with E-state index >= 15 is 0 Å². The van der Waals surface area contributed by atoms with Crippen molar-refractivity contribution in [3.8, 4) is 11.1 Å². The molecule has 1 aromatic heterocycles. The number of hydrogen-bond acceptors (Lipinski definition) is 4. The van der Waals surface area contributed by atoms with Crippen LogP contribution in [0.4, 0.5) is 5.00 Å². The third kappa shape index (κ3) is 3.66. The Kier molecular flexibility index (Phi) is 5.44. The highest BCUT2D eigenvalue weighted by Gasteiger charge is 2.27. The first-order valence-electron chi connectivity index (χ1n) is 8.84. The van der Waals surface area contributed by atoms with E-state index in [4.69, 9.17) is 10.5 Å². The molecule has 26 heavy (non-hydrogen) atoms. The molecule has 2 heterocycles. The Morgan fingerprint density at radius 3 is 2.50 bits per heavy atom. The highest BCUT2D eigenvalue weighted by molar-refractivity contribution is 7.17. The van der Waals surface area contributed by atoms with Gasteiger partial charge in [0, 0.05) is 17.0 Å². The van der Waals surface area contributed by atoms with E-state index in [0.717, 1.165) is 22.4 Å². The molecule has 5 nitrogen and oxygen atoms in total. The number of aryl methyl sites for hydroxylation is 1. The fourth-order valence-corrected chi connectivity index (χ4v) is 4.31. The smallest absolute Gasteiger partial charge is 0.254 e. The van der Waals surface area contributed by atoms with Gasteiger partial charge in [0.25, 0.3) is 11.8 Å². The largest absolute Gasteiger partial charge is 0.368 e. The minimum Gasteiger partial charge on any atom is -0.368 e. The third-order valence-electron chi connectivity index (χ3n) is 4.66. The lowest BCUT2D eigenvalue weighted by molar-refractivity contribution is -0.124. The summed E-state index contributed by atoms with van der Waals surface area (Å²) in [6.45, 7) is 6.80. The molecule has 1 aliphatic heterocycles. The van der Waals surface area contributed by atoms with Crippen LogP contribution in [0.3, 0.4) is 0 Å². The van der Waals surface area contributed by atoms with Crippen LogP contribution < -0.4 is 11.1 Å². The van der Waals surface area contributed by atoms with Gasteiger partial charge in [0.15, 0.2) is 0 Å². The second-order valence-corrected chi connectivity index (χ2v) is 8.09. The van der Waals surface area contributed by atoms with Gasteiger partial charge in [0.05, 0.1) is 5.56 Å². The Labute approximate surface area is 157 Å². The van der Waals surface area contributed by atoms with E-state index in [-0.39, 0.29) is 5.91 Å². The van der Waals surface area contributed by atoms with Crippen molar-refractivity contribution in [2.75, 3.05) is 11.9 Å². The van der Waals surface area contributed by atoms with Gasteiger partial charge in [-0.2, -0.15) is 0 Å². The lowest BCUT2D eigenvalue weighted by atomic mass is 9.96. The number of nitrogens with two attached hydrogens (primary N) is 1. The van der Waals surface area contributed by atoms with Gasteiger partial charge in [-0.15, -0.1) is 11.3 Å². The average molecular weight is 372 g/mol. The van der Waals surface area contributed by atoms with Gasteiger partial charge in [-0.05, 0) is 36.8 Å². The van der Waals surface area contributed by atoms with E-state index in [1.54, 1.807) is 0 Å². The lowest BCUT2D eigenvalue weighted by Crippen LogP contribution is -2.27. The fraction of sp³-hybridized carbons (Fsp3) is 0.400. The Morgan fingerprint density at radius 1 is 1.27 bits per heavy atom. The van der Waals surface area contributed by atoms with Crippen molar-refractivity contribution in [2.45, 2.75) is 45.6 Å². The van der Waals surface area contributed by atoms with Gasteiger partial charge in [0.2, 0.25) is 0 Å². The predicted molar refractivity (Wildman–Crippen MR) is 105 cm³/mol. The van der Waals surface area contributed by atoms with Crippen LogP contribution >= 0.6 is 11.3 Å². The van der Waals surface area contributed by atoms with Crippen LogP contribution in [0.5, 0.6) is 0 Å². The number of anilines is 1.